The highest BCUT2D eigenvalue weighted by molar-refractivity contribution is 5.96. The molecule has 3 fully saturated rings. The Bertz CT molecular complexity index is 872. The van der Waals surface area contributed by atoms with Gasteiger partial charge in [0.25, 0.3) is 0 Å². The van der Waals surface area contributed by atoms with Gasteiger partial charge in [-0.1, -0.05) is 45.4 Å². The number of aliphatic hydroxyl groups is 1. The van der Waals surface area contributed by atoms with Gasteiger partial charge in [0.2, 0.25) is 0 Å². The van der Waals surface area contributed by atoms with E-state index < -0.39 is 28.9 Å². The van der Waals surface area contributed by atoms with E-state index in [4.69, 9.17) is 15.2 Å². The van der Waals surface area contributed by atoms with Crippen LogP contribution in [0.1, 0.15) is 54.9 Å². The van der Waals surface area contributed by atoms with Gasteiger partial charge in [0.05, 0.1) is 18.1 Å². The second kappa shape index (κ2) is 5.24. The summed E-state index contributed by atoms with van der Waals surface area (Å²) in [6.07, 6.45) is 4.32. The van der Waals surface area contributed by atoms with Crippen LogP contribution in [0.5, 0.6) is 0 Å². The Morgan fingerprint density at radius 1 is 1.21 bits per heavy atom. The van der Waals surface area contributed by atoms with Crippen molar-refractivity contribution in [1.82, 2.24) is 0 Å². The van der Waals surface area contributed by atoms with Crippen molar-refractivity contribution in [2.45, 2.75) is 78.4 Å². The number of carbonyl (C=O) groups is 1. The summed E-state index contributed by atoms with van der Waals surface area (Å²) in [7, 11) is 0. The molecule has 0 aromatic rings. The number of ether oxygens (including phenoxy) is 2. The van der Waals surface area contributed by atoms with Crippen LogP contribution in [0.4, 0.5) is 0 Å². The maximum atomic E-state index is 14.4. The molecule has 2 bridgehead atoms. The van der Waals surface area contributed by atoms with E-state index in [-0.39, 0.29) is 28.4 Å². The molecule has 0 amide bonds. The van der Waals surface area contributed by atoms with Gasteiger partial charge in [-0.05, 0) is 55.4 Å². The summed E-state index contributed by atoms with van der Waals surface area (Å²) in [5, 5.41) is 12.4. The molecule has 5 rings (SSSR count). The molecule has 4 aliphatic carbocycles. The molecule has 0 aromatic carbocycles. The molecule has 1 heterocycles. The van der Waals surface area contributed by atoms with E-state index in [1.807, 2.05) is 26.8 Å². The molecule has 5 aliphatic rings. The Morgan fingerprint density at radius 3 is 2.52 bits per heavy atom. The van der Waals surface area contributed by atoms with E-state index in [2.05, 4.69) is 33.8 Å². The lowest BCUT2D eigenvalue weighted by Crippen LogP contribution is -2.69. The molecule has 5 nitrogen and oxygen atoms in total. The van der Waals surface area contributed by atoms with Gasteiger partial charge in [-0.25, -0.2) is 0 Å². The van der Waals surface area contributed by atoms with Crippen LogP contribution in [-0.4, -0.2) is 41.0 Å². The predicted octanol–water partition coefficient (Wildman–Crippen LogP) is 2.97. The highest BCUT2D eigenvalue weighted by Gasteiger charge is 2.80. The maximum absolute atomic E-state index is 14.4. The zero-order valence-electron chi connectivity index (χ0n) is 18.7. The number of allylic oxidation sites excluding steroid dienone is 1. The summed E-state index contributed by atoms with van der Waals surface area (Å²) in [6.45, 7) is 14.9. The fraction of sp³-hybridized carbons (Fsp3) is 0.792. The lowest BCUT2D eigenvalue weighted by atomic mass is 9.58. The third-order valence-corrected chi connectivity index (χ3v) is 9.79. The summed E-state index contributed by atoms with van der Waals surface area (Å²) in [4.78, 5) is 14.4. The Hall–Kier alpha value is -1.01. The van der Waals surface area contributed by atoms with Crippen LogP contribution in [0.3, 0.4) is 0 Å². The second-order valence-corrected chi connectivity index (χ2v) is 11.5. The van der Waals surface area contributed by atoms with Crippen molar-refractivity contribution in [3.8, 4) is 0 Å². The standard InChI is InChI=1S/C24H35NO4/c1-12-10-23-13(2)8-16-20(3,4)22(16,7)15(18(23)26)9-14-11-28-21(5,6)29-19(14)24(23,27)17(12)25/h9-10,13,15-17,19,27H,8,11,25H2,1-7H3/t13-,15-,16+,17+,19-,22+,23+,24?/m1/s1. The quantitative estimate of drug-likeness (QED) is 0.610. The van der Waals surface area contributed by atoms with E-state index >= 15 is 0 Å². The van der Waals surface area contributed by atoms with Crippen molar-refractivity contribution in [1.29, 1.82) is 0 Å². The Labute approximate surface area is 173 Å². The third kappa shape index (κ3) is 1.95. The molecule has 29 heavy (non-hydrogen) atoms. The number of hydrogen-bond acceptors (Lipinski definition) is 5. The molecule has 160 valence electrons. The van der Waals surface area contributed by atoms with Gasteiger partial charge in [-0.2, -0.15) is 0 Å². The highest BCUT2D eigenvalue weighted by Crippen LogP contribution is 2.78. The first-order valence-electron chi connectivity index (χ1n) is 11.0. The van der Waals surface area contributed by atoms with Crippen LogP contribution >= 0.6 is 0 Å². The number of fused-ring (bicyclic) bond motifs is 5. The van der Waals surface area contributed by atoms with Gasteiger partial charge in [0.1, 0.15) is 11.7 Å². The predicted molar refractivity (Wildman–Crippen MR) is 110 cm³/mol. The molecule has 1 aliphatic heterocycles. The first-order valence-corrected chi connectivity index (χ1v) is 11.0. The van der Waals surface area contributed by atoms with E-state index in [1.54, 1.807) is 0 Å². The van der Waals surface area contributed by atoms with Crippen molar-refractivity contribution in [3.63, 3.8) is 0 Å². The van der Waals surface area contributed by atoms with Crippen molar-refractivity contribution in [2.24, 2.45) is 39.7 Å². The number of rotatable bonds is 0. The van der Waals surface area contributed by atoms with Gasteiger partial charge in [0, 0.05) is 5.92 Å². The Morgan fingerprint density at radius 2 is 1.86 bits per heavy atom. The molecule has 1 spiro atoms. The molecule has 8 atom stereocenters. The number of Topliss-reactive ketones (excluding diaryl/α,β-unsaturated/α-hetero) is 1. The van der Waals surface area contributed by atoms with E-state index in [9.17, 15) is 9.90 Å². The zero-order valence-corrected chi connectivity index (χ0v) is 18.7. The lowest BCUT2D eigenvalue weighted by Gasteiger charge is -2.52. The van der Waals surface area contributed by atoms with Crippen molar-refractivity contribution >= 4 is 5.78 Å². The summed E-state index contributed by atoms with van der Waals surface area (Å²) >= 11 is 0. The molecule has 2 saturated carbocycles. The lowest BCUT2D eigenvalue weighted by molar-refractivity contribution is -0.294. The van der Waals surface area contributed by atoms with Gasteiger partial charge in [0.15, 0.2) is 11.6 Å². The van der Waals surface area contributed by atoms with Gasteiger partial charge >= 0.3 is 0 Å². The van der Waals surface area contributed by atoms with Gasteiger partial charge in [-0.15, -0.1) is 0 Å². The van der Waals surface area contributed by atoms with Crippen LogP contribution in [0, 0.1) is 34.0 Å². The summed E-state index contributed by atoms with van der Waals surface area (Å²) < 4.78 is 12.3. The van der Waals surface area contributed by atoms with Gasteiger partial charge in [-0.3, -0.25) is 4.79 Å². The first-order chi connectivity index (χ1) is 13.2. The number of nitrogens with two attached hydrogens (primary N) is 1. The minimum Gasteiger partial charge on any atom is -0.383 e. The normalized spacial score (nSPS) is 54.2. The summed E-state index contributed by atoms with van der Waals surface area (Å²) in [5.41, 5.74) is 5.79. The Balaban J connectivity index is 1.80. The minimum atomic E-state index is -1.51. The topological polar surface area (TPSA) is 81.8 Å². The minimum absolute atomic E-state index is 0.0260. The van der Waals surface area contributed by atoms with E-state index in [0.717, 1.165) is 17.6 Å². The molecule has 3 N–H and O–H groups in total. The fourth-order valence-electron chi connectivity index (χ4n) is 7.66. The molecule has 0 radical (unpaired) electrons. The third-order valence-electron chi connectivity index (χ3n) is 9.79. The van der Waals surface area contributed by atoms with Crippen LogP contribution in [0.15, 0.2) is 23.3 Å². The Kier molecular flexibility index (Phi) is 3.60. The molecule has 1 saturated heterocycles. The summed E-state index contributed by atoms with van der Waals surface area (Å²) in [5.74, 6) is -0.605. The van der Waals surface area contributed by atoms with E-state index in [1.165, 1.54) is 0 Å². The number of ketones is 1. The monoisotopic (exact) mass is 401 g/mol. The molecule has 1 unspecified atom stereocenters. The maximum Gasteiger partial charge on any atom is 0.164 e. The zero-order chi connectivity index (χ0) is 21.4. The first kappa shape index (κ1) is 19.9. The highest BCUT2D eigenvalue weighted by atomic mass is 16.7. The average molecular weight is 402 g/mol. The van der Waals surface area contributed by atoms with Gasteiger partial charge < -0.3 is 20.3 Å². The fourth-order valence-corrected chi connectivity index (χ4v) is 7.66. The average Bonchev–Trinajstić information content (AvgIpc) is 3.01. The number of carbonyl (C=O) groups excluding carboxylic acids is 1. The SMILES string of the molecule is CC1=C[C@]23C(=O)[C@@H](C=C4COC(C)(C)O[C@H]4C2(O)[C@H]1N)[C@@]1(C)[C@@H](C[C@H]3C)C1(C)C. The van der Waals surface area contributed by atoms with Crippen LogP contribution in [-0.2, 0) is 14.3 Å². The summed E-state index contributed by atoms with van der Waals surface area (Å²) in [6, 6.07) is -0.648. The molecular weight excluding hydrogens is 366 g/mol. The van der Waals surface area contributed by atoms with Crippen molar-refractivity contribution in [3.05, 3.63) is 23.3 Å². The van der Waals surface area contributed by atoms with Crippen molar-refractivity contribution in [2.75, 3.05) is 6.61 Å². The smallest absolute Gasteiger partial charge is 0.164 e. The largest absolute Gasteiger partial charge is 0.383 e. The molecule has 0 aromatic heterocycles. The van der Waals surface area contributed by atoms with Crippen LogP contribution < -0.4 is 5.73 Å². The van der Waals surface area contributed by atoms with Crippen LogP contribution in [0.2, 0.25) is 0 Å². The number of hydrogen-bond donors (Lipinski definition) is 2. The van der Waals surface area contributed by atoms with Crippen molar-refractivity contribution < 1.29 is 19.4 Å². The second-order valence-electron chi connectivity index (χ2n) is 11.5. The van der Waals surface area contributed by atoms with E-state index in [0.29, 0.717) is 12.5 Å². The molecular formula is C24H35NO4. The molecule has 5 heteroatoms. The van der Waals surface area contributed by atoms with Crippen LogP contribution in [0.25, 0.3) is 0 Å².